The predicted octanol–water partition coefficient (Wildman–Crippen LogP) is 9.68. The van der Waals surface area contributed by atoms with Crippen LogP contribution in [0.3, 0.4) is 0 Å². The monoisotopic (exact) mass is 466 g/mol. The van der Waals surface area contributed by atoms with Gasteiger partial charge >= 0.3 is 0 Å². The van der Waals surface area contributed by atoms with Crippen molar-refractivity contribution in [3.8, 4) is 5.69 Å². The Hall–Kier alpha value is -4.04. The minimum absolute atomic E-state index is 0.689. The van der Waals surface area contributed by atoms with Gasteiger partial charge in [0.15, 0.2) is 0 Å². The molecule has 0 atom stereocenters. The van der Waals surface area contributed by atoms with Crippen molar-refractivity contribution < 1.29 is 0 Å². The van der Waals surface area contributed by atoms with Crippen molar-refractivity contribution in [2.24, 2.45) is 0 Å². The molecule has 2 heterocycles. The van der Waals surface area contributed by atoms with E-state index in [2.05, 4.69) is 101 Å². The summed E-state index contributed by atoms with van der Waals surface area (Å²) in [4.78, 5) is 0. The van der Waals surface area contributed by atoms with Gasteiger partial charge in [0.2, 0.25) is 0 Å². The summed E-state index contributed by atoms with van der Waals surface area (Å²) in [5.41, 5.74) is 8.70. The van der Waals surface area contributed by atoms with Crippen molar-refractivity contribution in [1.82, 2.24) is 9.13 Å². The Morgan fingerprint density at radius 3 is 2.25 bits per heavy atom. The molecule has 0 amide bonds. The standard InChI is InChI=1S/C34H30N2/c1-3-23-14-17-26(18-15-23)36-31-13-9-8-12-28(31)33-32(36)21-19-27-29-22-25(24-10-6-5-7-11-24)16-20-30(29)35(4-2)34(27)33/h3-4,8-9,12-22,24H,1-2,5-7,10-11H2. The van der Waals surface area contributed by atoms with Gasteiger partial charge in [0.05, 0.1) is 22.1 Å². The summed E-state index contributed by atoms with van der Waals surface area (Å²) in [6.07, 6.45) is 10.6. The number of rotatable bonds is 4. The number of hydrogen-bond donors (Lipinski definition) is 0. The second kappa shape index (κ2) is 8.27. The maximum absolute atomic E-state index is 4.23. The molecule has 1 aliphatic carbocycles. The molecular weight excluding hydrogens is 436 g/mol. The van der Waals surface area contributed by atoms with Crippen LogP contribution in [0.2, 0.25) is 0 Å². The number of para-hydroxylation sites is 1. The number of fused-ring (bicyclic) bond motifs is 7. The molecule has 2 heteroatoms. The first-order valence-electron chi connectivity index (χ1n) is 13.1. The molecule has 2 nitrogen and oxygen atoms in total. The molecular formula is C34H30N2. The van der Waals surface area contributed by atoms with Gasteiger partial charge in [-0.15, -0.1) is 0 Å². The van der Waals surface area contributed by atoms with E-state index in [0.29, 0.717) is 5.92 Å². The van der Waals surface area contributed by atoms with Crippen molar-refractivity contribution in [1.29, 1.82) is 0 Å². The first-order valence-corrected chi connectivity index (χ1v) is 13.1. The van der Waals surface area contributed by atoms with Crippen molar-refractivity contribution in [3.05, 3.63) is 103 Å². The SMILES string of the molecule is C=Cc1ccc(-n2c3ccccc3c3c4c(ccc32)c2cc(C3CCCCC3)ccc2n4C=C)cc1. The van der Waals surface area contributed by atoms with Crippen LogP contribution in [0.15, 0.2) is 92.0 Å². The maximum Gasteiger partial charge on any atom is 0.0635 e. The fraction of sp³-hybridized carbons (Fsp3) is 0.176. The van der Waals surface area contributed by atoms with Crippen molar-refractivity contribution >= 4 is 55.9 Å². The fourth-order valence-corrected chi connectivity index (χ4v) is 6.53. The van der Waals surface area contributed by atoms with E-state index in [4.69, 9.17) is 0 Å². The van der Waals surface area contributed by atoms with Gasteiger partial charge in [-0.1, -0.05) is 81.0 Å². The van der Waals surface area contributed by atoms with E-state index in [-0.39, 0.29) is 0 Å². The van der Waals surface area contributed by atoms with Crippen LogP contribution in [-0.4, -0.2) is 9.13 Å². The van der Waals surface area contributed by atoms with Crippen LogP contribution in [0.25, 0.3) is 61.6 Å². The number of aromatic nitrogens is 2. The molecule has 0 aliphatic heterocycles. The second-order valence-corrected chi connectivity index (χ2v) is 10.2. The van der Waals surface area contributed by atoms with Gasteiger partial charge in [0, 0.05) is 33.4 Å². The number of benzene rings is 4. The van der Waals surface area contributed by atoms with E-state index in [1.807, 2.05) is 12.3 Å². The normalized spacial score (nSPS) is 14.8. The van der Waals surface area contributed by atoms with Gasteiger partial charge in [-0.3, -0.25) is 0 Å². The minimum Gasteiger partial charge on any atom is -0.316 e. The van der Waals surface area contributed by atoms with Crippen LogP contribution in [0.5, 0.6) is 0 Å². The van der Waals surface area contributed by atoms with E-state index in [1.54, 1.807) is 0 Å². The highest BCUT2D eigenvalue weighted by Gasteiger charge is 2.21. The number of hydrogen-bond acceptors (Lipinski definition) is 0. The molecule has 176 valence electrons. The quantitative estimate of drug-likeness (QED) is 0.245. The zero-order chi connectivity index (χ0) is 24.2. The lowest BCUT2D eigenvalue weighted by Crippen LogP contribution is -2.04. The molecule has 4 aromatic carbocycles. The van der Waals surface area contributed by atoms with Crippen LogP contribution < -0.4 is 0 Å². The van der Waals surface area contributed by atoms with E-state index in [1.165, 1.54) is 81.3 Å². The third-order valence-corrected chi connectivity index (χ3v) is 8.27. The molecule has 6 aromatic rings. The highest BCUT2D eigenvalue weighted by atomic mass is 15.0. The molecule has 0 saturated heterocycles. The lowest BCUT2D eigenvalue weighted by molar-refractivity contribution is 0.444. The molecule has 1 saturated carbocycles. The van der Waals surface area contributed by atoms with Gasteiger partial charge < -0.3 is 9.13 Å². The Kier molecular flexibility index (Phi) is 4.89. The molecule has 36 heavy (non-hydrogen) atoms. The van der Waals surface area contributed by atoms with Crippen LogP contribution in [0.1, 0.15) is 49.1 Å². The summed E-state index contributed by atoms with van der Waals surface area (Å²) < 4.78 is 4.69. The Bertz CT molecular complexity index is 1790. The first kappa shape index (κ1) is 21.3. The lowest BCUT2D eigenvalue weighted by Gasteiger charge is -2.22. The zero-order valence-electron chi connectivity index (χ0n) is 20.6. The average Bonchev–Trinajstić information content (AvgIpc) is 3.45. The molecule has 0 spiro atoms. The first-order chi connectivity index (χ1) is 17.8. The third-order valence-electron chi connectivity index (χ3n) is 8.27. The van der Waals surface area contributed by atoms with E-state index in [0.717, 1.165) is 11.3 Å². The molecule has 0 radical (unpaired) electrons. The highest BCUT2D eigenvalue weighted by Crippen LogP contribution is 2.42. The molecule has 0 bridgehead atoms. The van der Waals surface area contributed by atoms with Crippen molar-refractivity contribution in [2.75, 3.05) is 0 Å². The van der Waals surface area contributed by atoms with Crippen LogP contribution in [0, 0.1) is 0 Å². The largest absolute Gasteiger partial charge is 0.316 e. The smallest absolute Gasteiger partial charge is 0.0635 e. The number of nitrogens with zero attached hydrogens (tertiary/aromatic N) is 2. The molecule has 0 unspecified atom stereocenters. The van der Waals surface area contributed by atoms with Gasteiger partial charge in [-0.2, -0.15) is 0 Å². The molecule has 1 aliphatic rings. The molecule has 7 rings (SSSR count). The zero-order valence-corrected chi connectivity index (χ0v) is 20.6. The summed E-state index contributed by atoms with van der Waals surface area (Å²) in [6.45, 7) is 8.15. The summed E-state index contributed by atoms with van der Waals surface area (Å²) in [5, 5.41) is 5.19. The fourth-order valence-electron chi connectivity index (χ4n) is 6.53. The Morgan fingerprint density at radius 2 is 1.47 bits per heavy atom. The van der Waals surface area contributed by atoms with Crippen molar-refractivity contribution in [3.63, 3.8) is 0 Å². The summed E-state index contributed by atoms with van der Waals surface area (Å²) in [6, 6.07) is 29.2. The highest BCUT2D eigenvalue weighted by molar-refractivity contribution is 6.26. The van der Waals surface area contributed by atoms with Crippen LogP contribution in [0.4, 0.5) is 0 Å². The Morgan fingerprint density at radius 1 is 0.694 bits per heavy atom. The summed E-state index contributed by atoms with van der Waals surface area (Å²) >= 11 is 0. The Balaban J connectivity index is 1.57. The minimum atomic E-state index is 0.689. The topological polar surface area (TPSA) is 9.86 Å². The average molecular weight is 467 g/mol. The van der Waals surface area contributed by atoms with Crippen LogP contribution in [-0.2, 0) is 0 Å². The van der Waals surface area contributed by atoms with E-state index >= 15 is 0 Å². The molecule has 2 aromatic heterocycles. The lowest BCUT2D eigenvalue weighted by atomic mass is 9.84. The second-order valence-electron chi connectivity index (χ2n) is 10.2. The third kappa shape index (κ3) is 3.04. The summed E-state index contributed by atoms with van der Waals surface area (Å²) in [7, 11) is 0. The van der Waals surface area contributed by atoms with Gasteiger partial charge in [-0.05, 0) is 66.3 Å². The van der Waals surface area contributed by atoms with Crippen LogP contribution >= 0.6 is 0 Å². The predicted molar refractivity (Wildman–Crippen MR) is 156 cm³/mol. The van der Waals surface area contributed by atoms with Gasteiger partial charge in [0.25, 0.3) is 0 Å². The Labute approximate surface area is 211 Å². The molecule has 0 N–H and O–H groups in total. The van der Waals surface area contributed by atoms with Gasteiger partial charge in [-0.25, -0.2) is 0 Å². The van der Waals surface area contributed by atoms with Gasteiger partial charge in [0.1, 0.15) is 0 Å². The molecule has 1 fully saturated rings. The van der Waals surface area contributed by atoms with E-state index < -0.39 is 0 Å². The maximum atomic E-state index is 4.23. The summed E-state index contributed by atoms with van der Waals surface area (Å²) in [5.74, 6) is 0.689. The van der Waals surface area contributed by atoms with Crippen molar-refractivity contribution in [2.45, 2.75) is 38.0 Å². The van der Waals surface area contributed by atoms with E-state index in [9.17, 15) is 0 Å².